The smallest absolute Gasteiger partial charge is 0.119 e. The monoisotopic (exact) mass is 298 g/mol. The number of aromatic hydroxyl groups is 1. The fourth-order valence-electron chi connectivity index (χ4n) is 2.96. The summed E-state index contributed by atoms with van der Waals surface area (Å²) in [6.45, 7) is 3.87. The van der Waals surface area contributed by atoms with Crippen LogP contribution in [0.5, 0.6) is 11.5 Å². The number of hydrogen-bond acceptors (Lipinski definition) is 4. The van der Waals surface area contributed by atoms with E-state index in [1.807, 2.05) is 12.4 Å². The molecule has 22 heavy (non-hydrogen) atoms. The third kappa shape index (κ3) is 3.98. The molecule has 4 nitrogen and oxygen atoms in total. The Balaban J connectivity index is 1.40. The van der Waals surface area contributed by atoms with Gasteiger partial charge in [0.2, 0.25) is 0 Å². The Kier molecular flexibility index (Phi) is 4.91. The zero-order chi connectivity index (χ0) is 15.2. The quantitative estimate of drug-likeness (QED) is 0.921. The van der Waals surface area contributed by atoms with E-state index < -0.39 is 0 Å². The Morgan fingerprint density at radius 2 is 1.73 bits per heavy atom. The lowest BCUT2D eigenvalue weighted by Gasteiger charge is -2.32. The molecule has 116 valence electrons. The molecular formula is C18H22N2O2. The van der Waals surface area contributed by atoms with E-state index in [1.165, 1.54) is 18.4 Å². The third-order valence-electron chi connectivity index (χ3n) is 4.28. The fraction of sp³-hybridized carbons (Fsp3) is 0.389. The number of likely N-dealkylation sites (tertiary alicyclic amines) is 1. The van der Waals surface area contributed by atoms with Crippen LogP contribution in [0.2, 0.25) is 0 Å². The van der Waals surface area contributed by atoms with Gasteiger partial charge in [0.15, 0.2) is 0 Å². The summed E-state index contributed by atoms with van der Waals surface area (Å²) < 4.78 is 5.71. The van der Waals surface area contributed by atoms with E-state index in [0.717, 1.165) is 25.4 Å². The van der Waals surface area contributed by atoms with E-state index in [1.54, 1.807) is 24.3 Å². The summed E-state index contributed by atoms with van der Waals surface area (Å²) >= 11 is 0. The van der Waals surface area contributed by atoms with Crippen LogP contribution in [0.1, 0.15) is 24.3 Å². The number of aromatic nitrogens is 1. The van der Waals surface area contributed by atoms with Crippen molar-refractivity contribution in [3.8, 4) is 11.5 Å². The van der Waals surface area contributed by atoms with Gasteiger partial charge in [-0.25, -0.2) is 0 Å². The molecule has 0 bridgehead atoms. The van der Waals surface area contributed by atoms with Gasteiger partial charge in [0.25, 0.3) is 0 Å². The maximum absolute atomic E-state index is 9.24. The number of phenols is 1. The summed E-state index contributed by atoms with van der Waals surface area (Å²) in [6, 6.07) is 11.2. The number of pyridine rings is 1. The molecule has 0 atom stereocenters. The standard InChI is InChI=1S/C18H22N2O2/c21-17-1-3-18(4-2-17)22-14-13-20-11-7-16(8-12-20)15-5-9-19-10-6-15/h1-6,9-10,16,21H,7-8,11-14H2. The highest BCUT2D eigenvalue weighted by atomic mass is 16.5. The molecule has 1 aliphatic rings. The highest BCUT2D eigenvalue weighted by Crippen LogP contribution is 2.27. The lowest BCUT2D eigenvalue weighted by Crippen LogP contribution is -2.35. The molecule has 1 aromatic carbocycles. The molecule has 1 saturated heterocycles. The van der Waals surface area contributed by atoms with Crippen molar-refractivity contribution in [2.75, 3.05) is 26.2 Å². The van der Waals surface area contributed by atoms with Crippen LogP contribution in [0.25, 0.3) is 0 Å². The van der Waals surface area contributed by atoms with Gasteiger partial charge < -0.3 is 9.84 Å². The third-order valence-corrected chi connectivity index (χ3v) is 4.28. The molecule has 0 radical (unpaired) electrons. The van der Waals surface area contributed by atoms with Gasteiger partial charge in [0.1, 0.15) is 18.1 Å². The molecule has 0 unspecified atom stereocenters. The zero-order valence-corrected chi connectivity index (χ0v) is 12.7. The Bertz CT molecular complexity index is 563. The Morgan fingerprint density at radius 1 is 1.05 bits per heavy atom. The number of phenolic OH excluding ortho intramolecular Hbond substituents is 1. The van der Waals surface area contributed by atoms with Gasteiger partial charge in [-0.2, -0.15) is 0 Å². The SMILES string of the molecule is Oc1ccc(OCCN2CCC(c3ccncc3)CC2)cc1. The number of rotatable bonds is 5. The van der Waals surface area contributed by atoms with E-state index in [9.17, 15) is 5.11 Å². The summed E-state index contributed by atoms with van der Waals surface area (Å²) in [5.41, 5.74) is 1.41. The molecule has 4 heteroatoms. The minimum absolute atomic E-state index is 0.269. The highest BCUT2D eigenvalue weighted by molar-refractivity contribution is 5.30. The first-order valence-corrected chi connectivity index (χ1v) is 7.85. The predicted octanol–water partition coefficient (Wildman–Crippen LogP) is 3.05. The first kappa shape index (κ1) is 14.9. The molecule has 0 spiro atoms. The van der Waals surface area contributed by atoms with Crippen molar-refractivity contribution >= 4 is 0 Å². The average molecular weight is 298 g/mol. The van der Waals surface area contributed by atoms with Crippen molar-refractivity contribution in [3.63, 3.8) is 0 Å². The first-order chi connectivity index (χ1) is 10.8. The molecule has 1 fully saturated rings. The summed E-state index contributed by atoms with van der Waals surface area (Å²) in [4.78, 5) is 6.54. The molecule has 0 amide bonds. The minimum Gasteiger partial charge on any atom is -0.508 e. The number of hydrogen-bond donors (Lipinski definition) is 1. The Labute approximate surface area is 131 Å². The normalized spacial score (nSPS) is 16.5. The topological polar surface area (TPSA) is 45.6 Å². The van der Waals surface area contributed by atoms with Crippen LogP contribution in [0.3, 0.4) is 0 Å². The number of ether oxygens (including phenoxy) is 1. The van der Waals surface area contributed by atoms with Gasteiger partial charge in [-0.3, -0.25) is 9.88 Å². The molecule has 2 aromatic rings. The second kappa shape index (κ2) is 7.27. The summed E-state index contributed by atoms with van der Waals surface area (Å²) in [5, 5.41) is 9.24. The zero-order valence-electron chi connectivity index (χ0n) is 12.7. The van der Waals surface area contributed by atoms with Gasteiger partial charge in [-0.1, -0.05) is 0 Å². The van der Waals surface area contributed by atoms with Crippen LogP contribution in [-0.2, 0) is 0 Å². The maximum atomic E-state index is 9.24. The minimum atomic E-state index is 0.269. The van der Waals surface area contributed by atoms with Crippen LogP contribution in [0, 0.1) is 0 Å². The number of nitrogens with zero attached hydrogens (tertiary/aromatic N) is 2. The second-order valence-electron chi connectivity index (χ2n) is 5.74. The molecule has 0 aliphatic carbocycles. The molecule has 1 aromatic heterocycles. The van der Waals surface area contributed by atoms with E-state index >= 15 is 0 Å². The van der Waals surface area contributed by atoms with E-state index in [-0.39, 0.29) is 5.75 Å². The van der Waals surface area contributed by atoms with Gasteiger partial charge in [-0.15, -0.1) is 0 Å². The van der Waals surface area contributed by atoms with Crippen molar-refractivity contribution in [3.05, 3.63) is 54.4 Å². The van der Waals surface area contributed by atoms with E-state index in [4.69, 9.17) is 4.74 Å². The van der Waals surface area contributed by atoms with Gasteiger partial charge in [0, 0.05) is 18.9 Å². The van der Waals surface area contributed by atoms with Crippen molar-refractivity contribution in [2.24, 2.45) is 0 Å². The average Bonchev–Trinajstić information content (AvgIpc) is 2.58. The van der Waals surface area contributed by atoms with Crippen molar-refractivity contribution in [1.82, 2.24) is 9.88 Å². The van der Waals surface area contributed by atoms with Crippen molar-refractivity contribution in [2.45, 2.75) is 18.8 Å². The number of piperidine rings is 1. The maximum Gasteiger partial charge on any atom is 0.119 e. The molecule has 2 heterocycles. The van der Waals surface area contributed by atoms with Crippen LogP contribution >= 0.6 is 0 Å². The Morgan fingerprint density at radius 3 is 2.41 bits per heavy atom. The molecular weight excluding hydrogens is 276 g/mol. The van der Waals surface area contributed by atoms with Gasteiger partial charge in [-0.05, 0) is 73.8 Å². The molecule has 1 aliphatic heterocycles. The highest BCUT2D eigenvalue weighted by Gasteiger charge is 2.20. The van der Waals surface area contributed by atoms with Crippen LogP contribution in [0.4, 0.5) is 0 Å². The lowest BCUT2D eigenvalue weighted by molar-refractivity contribution is 0.173. The van der Waals surface area contributed by atoms with Crippen LogP contribution in [-0.4, -0.2) is 41.2 Å². The Hall–Kier alpha value is -2.07. The van der Waals surface area contributed by atoms with Crippen LogP contribution < -0.4 is 4.74 Å². The van der Waals surface area contributed by atoms with E-state index in [2.05, 4.69) is 22.0 Å². The molecule has 3 rings (SSSR count). The van der Waals surface area contributed by atoms with Gasteiger partial charge >= 0.3 is 0 Å². The number of benzene rings is 1. The van der Waals surface area contributed by atoms with Crippen molar-refractivity contribution in [1.29, 1.82) is 0 Å². The second-order valence-corrected chi connectivity index (χ2v) is 5.74. The van der Waals surface area contributed by atoms with Crippen molar-refractivity contribution < 1.29 is 9.84 Å². The fourth-order valence-corrected chi connectivity index (χ4v) is 2.96. The summed E-state index contributed by atoms with van der Waals surface area (Å²) in [6.07, 6.45) is 6.16. The molecule has 0 saturated carbocycles. The summed E-state index contributed by atoms with van der Waals surface area (Å²) in [7, 11) is 0. The predicted molar refractivity (Wildman–Crippen MR) is 86.3 cm³/mol. The van der Waals surface area contributed by atoms with Gasteiger partial charge in [0.05, 0.1) is 0 Å². The van der Waals surface area contributed by atoms with E-state index in [0.29, 0.717) is 12.5 Å². The lowest BCUT2D eigenvalue weighted by atomic mass is 9.90. The molecule has 1 N–H and O–H groups in total. The summed E-state index contributed by atoms with van der Waals surface area (Å²) in [5.74, 6) is 1.74. The van der Waals surface area contributed by atoms with Crippen LogP contribution in [0.15, 0.2) is 48.8 Å². The largest absolute Gasteiger partial charge is 0.508 e. The first-order valence-electron chi connectivity index (χ1n) is 7.85.